The highest BCUT2D eigenvalue weighted by Crippen LogP contribution is 2.15. The summed E-state index contributed by atoms with van der Waals surface area (Å²) in [4.78, 5) is 35.1. The molecule has 0 bridgehead atoms. The topological polar surface area (TPSA) is 111 Å². The molecule has 0 spiro atoms. The average molecular weight is 381 g/mol. The molecule has 0 saturated carbocycles. The van der Waals surface area contributed by atoms with Crippen molar-refractivity contribution >= 4 is 17.8 Å². The van der Waals surface area contributed by atoms with Gasteiger partial charge in [0.25, 0.3) is 0 Å². The first-order valence-corrected chi connectivity index (χ1v) is 8.75. The Hall–Kier alpha value is -2.45. The smallest absolute Gasteiger partial charge is 0.334 e. The third-order valence-electron chi connectivity index (χ3n) is 3.50. The van der Waals surface area contributed by atoms with E-state index in [9.17, 15) is 14.4 Å². The summed E-state index contributed by atoms with van der Waals surface area (Å²) >= 11 is 0. The molecule has 0 aliphatic carbocycles. The van der Waals surface area contributed by atoms with Crippen LogP contribution < -0.4 is 10.1 Å². The number of ether oxygens (including phenoxy) is 3. The van der Waals surface area contributed by atoms with Crippen LogP contribution >= 0.6 is 0 Å². The summed E-state index contributed by atoms with van der Waals surface area (Å²) in [7, 11) is 0. The molecular weight excluding hydrogens is 354 g/mol. The number of benzene rings is 1. The Balaban J connectivity index is 2.57. The van der Waals surface area contributed by atoms with Crippen LogP contribution in [0.4, 0.5) is 0 Å². The van der Waals surface area contributed by atoms with Gasteiger partial charge in [0, 0.05) is 20.1 Å². The van der Waals surface area contributed by atoms with Gasteiger partial charge in [-0.1, -0.05) is 26.0 Å². The highest BCUT2D eigenvalue weighted by atomic mass is 16.5. The molecule has 27 heavy (non-hydrogen) atoms. The van der Waals surface area contributed by atoms with Crippen LogP contribution in [0.25, 0.3) is 0 Å². The maximum Gasteiger partial charge on any atom is 0.334 e. The van der Waals surface area contributed by atoms with Gasteiger partial charge in [0.1, 0.15) is 25.0 Å². The van der Waals surface area contributed by atoms with E-state index >= 15 is 0 Å². The van der Waals surface area contributed by atoms with Crippen molar-refractivity contribution in [3.63, 3.8) is 0 Å². The van der Waals surface area contributed by atoms with Gasteiger partial charge in [-0.05, 0) is 30.0 Å². The second kappa shape index (κ2) is 12.0. The zero-order valence-electron chi connectivity index (χ0n) is 15.9. The Labute approximate surface area is 158 Å². The monoisotopic (exact) mass is 381 g/mol. The van der Waals surface area contributed by atoms with Crippen molar-refractivity contribution in [2.45, 2.75) is 39.8 Å². The van der Waals surface area contributed by atoms with Crippen LogP contribution in [0.1, 0.15) is 32.8 Å². The third kappa shape index (κ3) is 9.16. The van der Waals surface area contributed by atoms with Crippen LogP contribution in [-0.4, -0.2) is 48.8 Å². The van der Waals surface area contributed by atoms with Crippen molar-refractivity contribution in [1.82, 2.24) is 5.32 Å². The Morgan fingerprint density at radius 1 is 1.15 bits per heavy atom. The summed E-state index contributed by atoms with van der Waals surface area (Å²) < 4.78 is 15.3. The van der Waals surface area contributed by atoms with Crippen molar-refractivity contribution < 1.29 is 33.7 Å². The Morgan fingerprint density at radius 3 is 2.37 bits per heavy atom. The van der Waals surface area contributed by atoms with Gasteiger partial charge in [0.05, 0.1) is 0 Å². The van der Waals surface area contributed by atoms with Crippen molar-refractivity contribution in [1.29, 1.82) is 0 Å². The molecule has 8 heteroatoms. The Bertz CT molecular complexity index is 613. The summed E-state index contributed by atoms with van der Waals surface area (Å²) in [6, 6.07) is 5.73. The van der Waals surface area contributed by atoms with Crippen LogP contribution in [0.3, 0.4) is 0 Å². The van der Waals surface area contributed by atoms with Gasteiger partial charge >= 0.3 is 11.9 Å². The number of aliphatic hydroxyl groups excluding tert-OH is 1. The molecule has 1 rings (SSSR count). The predicted octanol–water partition coefficient (Wildman–Crippen LogP) is 1.19. The van der Waals surface area contributed by atoms with Crippen molar-refractivity contribution in [3.05, 3.63) is 29.8 Å². The number of carbonyl (C=O) groups is 3. The molecule has 1 aromatic rings. The molecule has 0 radical (unpaired) electrons. The lowest BCUT2D eigenvalue weighted by Gasteiger charge is -2.20. The first kappa shape index (κ1) is 22.6. The lowest BCUT2D eigenvalue weighted by molar-refractivity contribution is -0.142. The first-order valence-electron chi connectivity index (χ1n) is 8.75. The lowest BCUT2D eigenvalue weighted by Crippen LogP contribution is -2.47. The van der Waals surface area contributed by atoms with Crippen LogP contribution in [-0.2, 0) is 30.5 Å². The van der Waals surface area contributed by atoms with E-state index in [1.807, 2.05) is 0 Å². The summed E-state index contributed by atoms with van der Waals surface area (Å²) in [5.74, 6) is -1.24. The maximum atomic E-state index is 12.4. The Morgan fingerprint density at radius 2 is 1.81 bits per heavy atom. The van der Waals surface area contributed by atoms with Gasteiger partial charge in [0.15, 0.2) is 0 Å². The van der Waals surface area contributed by atoms with Gasteiger partial charge in [0.2, 0.25) is 5.91 Å². The molecule has 0 fully saturated rings. The van der Waals surface area contributed by atoms with Crippen molar-refractivity contribution in [2.24, 2.45) is 5.92 Å². The van der Waals surface area contributed by atoms with E-state index in [0.29, 0.717) is 12.2 Å². The molecule has 150 valence electrons. The molecule has 0 aliphatic heterocycles. The highest BCUT2D eigenvalue weighted by molar-refractivity contribution is 5.86. The number of aliphatic hydroxyl groups is 1. The van der Waals surface area contributed by atoms with Crippen LogP contribution in [0.5, 0.6) is 5.75 Å². The minimum Gasteiger partial charge on any atom is -0.461 e. The van der Waals surface area contributed by atoms with Crippen molar-refractivity contribution in [3.8, 4) is 5.75 Å². The SMILES string of the molecule is CC(=O)OCc1ccc(OC(=O)C(NC(=O)COCCCO)C(C)C)cc1. The van der Waals surface area contributed by atoms with E-state index in [2.05, 4.69) is 5.32 Å². The molecule has 8 nitrogen and oxygen atoms in total. The van der Waals surface area contributed by atoms with E-state index in [-0.39, 0.29) is 38.3 Å². The zero-order valence-corrected chi connectivity index (χ0v) is 15.9. The lowest BCUT2D eigenvalue weighted by atomic mass is 10.0. The molecule has 1 unspecified atom stereocenters. The van der Waals surface area contributed by atoms with Gasteiger partial charge in [-0.25, -0.2) is 4.79 Å². The highest BCUT2D eigenvalue weighted by Gasteiger charge is 2.26. The molecule has 1 amide bonds. The average Bonchev–Trinajstić information content (AvgIpc) is 2.62. The fourth-order valence-electron chi connectivity index (χ4n) is 2.06. The summed E-state index contributed by atoms with van der Waals surface area (Å²) in [5, 5.41) is 11.3. The predicted molar refractivity (Wildman–Crippen MR) is 96.8 cm³/mol. The van der Waals surface area contributed by atoms with E-state index in [0.717, 1.165) is 5.56 Å². The fourth-order valence-corrected chi connectivity index (χ4v) is 2.06. The molecule has 0 heterocycles. The normalized spacial score (nSPS) is 11.7. The third-order valence-corrected chi connectivity index (χ3v) is 3.50. The van der Waals surface area contributed by atoms with Crippen LogP contribution in [0.2, 0.25) is 0 Å². The van der Waals surface area contributed by atoms with E-state index in [1.165, 1.54) is 6.92 Å². The maximum absolute atomic E-state index is 12.4. The van der Waals surface area contributed by atoms with Crippen LogP contribution in [0.15, 0.2) is 24.3 Å². The quantitative estimate of drug-likeness (QED) is 0.336. The fraction of sp³-hybridized carbons (Fsp3) is 0.526. The van der Waals surface area contributed by atoms with Gasteiger partial charge in [-0.2, -0.15) is 0 Å². The molecule has 0 aliphatic rings. The first-order chi connectivity index (χ1) is 12.8. The minimum atomic E-state index is -0.820. The number of hydrogen-bond donors (Lipinski definition) is 2. The summed E-state index contributed by atoms with van der Waals surface area (Å²) in [6.07, 6.45) is 0.441. The standard InChI is InChI=1S/C19H27NO7/c1-13(2)18(20-17(23)12-25-10-4-9-21)19(24)27-16-7-5-15(6-8-16)11-26-14(3)22/h5-8,13,18,21H,4,9-12H2,1-3H3,(H,20,23). The largest absolute Gasteiger partial charge is 0.461 e. The summed E-state index contributed by atoms with van der Waals surface area (Å²) in [6.45, 7) is 5.12. The van der Waals surface area contributed by atoms with Gasteiger partial charge in [-0.15, -0.1) is 0 Å². The minimum absolute atomic E-state index is 0.0117. The van der Waals surface area contributed by atoms with E-state index < -0.39 is 17.9 Å². The number of carbonyl (C=O) groups excluding carboxylic acids is 3. The molecular formula is C19H27NO7. The molecule has 2 N–H and O–H groups in total. The second-order valence-electron chi connectivity index (χ2n) is 6.26. The van der Waals surface area contributed by atoms with Gasteiger partial charge < -0.3 is 24.6 Å². The molecule has 0 saturated heterocycles. The summed E-state index contributed by atoms with van der Waals surface area (Å²) in [5.41, 5.74) is 0.763. The number of rotatable bonds is 11. The van der Waals surface area contributed by atoms with Crippen LogP contribution in [0, 0.1) is 5.92 Å². The van der Waals surface area contributed by atoms with Crippen molar-refractivity contribution in [2.75, 3.05) is 19.8 Å². The molecule has 1 aromatic carbocycles. The Kier molecular flexibility index (Phi) is 10.1. The van der Waals surface area contributed by atoms with E-state index in [4.69, 9.17) is 19.3 Å². The second-order valence-corrected chi connectivity index (χ2v) is 6.26. The molecule has 0 aromatic heterocycles. The number of esters is 2. The molecule has 1 atom stereocenters. The van der Waals surface area contributed by atoms with Gasteiger partial charge in [-0.3, -0.25) is 9.59 Å². The zero-order chi connectivity index (χ0) is 20.2. The number of amides is 1. The number of nitrogens with one attached hydrogen (secondary N) is 1. The number of hydrogen-bond acceptors (Lipinski definition) is 7. The van der Waals surface area contributed by atoms with E-state index in [1.54, 1.807) is 38.1 Å².